The summed E-state index contributed by atoms with van der Waals surface area (Å²) in [6.07, 6.45) is 0. The van der Waals surface area contributed by atoms with E-state index in [9.17, 15) is 0 Å². The van der Waals surface area contributed by atoms with Gasteiger partial charge in [0.2, 0.25) is 5.95 Å². The lowest BCUT2D eigenvalue weighted by Gasteiger charge is -2.06. The van der Waals surface area contributed by atoms with Crippen LogP contribution < -0.4 is 5.73 Å². The summed E-state index contributed by atoms with van der Waals surface area (Å²) in [4.78, 5) is 13.3. The highest BCUT2D eigenvalue weighted by molar-refractivity contribution is 5.74. The van der Waals surface area contributed by atoms with Crippen LogP contribution in [0.1, 0.15) is 17.1 Å². The molecule has 0 amide bonds. The van der Waals surface area contributed by atoms with Crippen LogP contribution in [0, 0.1) is 13.8 Å². The van der Waals surface area contributed by atoms with E-state index < -0.39 is 0 Å². The fourth-order valence-electron chi connectivity index (χ4n) is 2.12. The van der Waals surface area contributed by atoms with E-state index in [1.54, 1.807) is 0 Å². The van der Waals surface area contributed by atoms with Gasteiger partial charge in [0.05, 0.1) is 12.2 Å². The molecular formula is C14H15N5. The third kappa shape index (κ3) is 2.14. The van der Waals surface area contributed by atoms with Crippen LogP contribution in [-0.2, 0) is 6.54 Å². The summed E-state index contributed by atoms with van der Waals surface area (Å²) in [6.45, 7) is 4.51. The Morgan fingerprint density at radius 2 is 1.79 bits per heavy atom. The van der Waals surface area contributed by atoms with Crippen molar-refractivity contribution < 1.29 is 0 Å². The third-order valence-corrected chi connectivity index (χ3v) is 3.03. The van der Waals surface area contributed by atoms with Crippen LogP contribution in [0.3, 0.4) is 0 Å². The van der Waals surface area contributed by atoms with Crippen LogP contribution >= 0.6 is 0 Å². The molecular weight excluding hydrogens is 238 g/mol. The molecule has 0 saturated carbocycles. The quantitative estimate of drug-likeness (QED) is 0.759. The molecule has 96 valence electrons. The summed E-state index contributed by atoms with van der Waals surface area (Å²) in [7, 11) is 0. The Balaban J connectivity index is 2.09. The van der Waals surface area contributed by atoms with Crippen molar-refractivity contribution in [2.75, 3.05) is 5.73 Å². The summed E-state index contributed by atoms with van der Waals surface area (Å²) in [6, 6.07) is 9.82. The third-order valence-electron chi connectivity index (χ3n) is 3.03. The van der Waals surface area contributed by atoms with Gasteiger partial charge in [0.15, 0.2) is 5.65 Å². The standard InChI is InChI=1S/C14H15N5/c1-9-4-3-5-11(16-9)8-19-13-12(18-14(19)15)7-6-10(2)17-13/h3-7H,8H2,1-2H3,(H2,15,18). The van der Waals surface area contributed by atoms with Gasteiger partial charge in [0, 0.05) is 11.4 Å². The zero-order valence-corrected chi connectivity index (χ0v) is 11.0. The van der Waals surface area contributed by atoms with Crippen molar-refractivity contribution in [3.63, 3.8) is 0 Å². The fraction of sp³-hybridized carbons (Fsp3) is 0.214. The lowest BCUT2D eigenvalue weighted by molar-refractivity contribution is 0.795. The number of nitrogen functional groups attached to an aromatic ring is 1. The smallest absolute Gasteiger partial charge is 0.202 e. The number of hydrogen-bond acceptors (Lipinski definition) is 4. The average Bonchev–Trinajstić information content (AvgIpc) is 2.66. The minimum atomic E-state index is 0.469. The van der Waals surface area contributed by atoms with Gasteiger partial charge >= 0.3 is 0 Å². The number of nitrogens with zero attached hydrogens (tertiary/aromatic N) is 4. The van der Waals surface area contributed by atoms with Crippen LogP contribution in [0.15, 0.2) is 30.3 Å². The Bertz CT molecular complexity index is 745. The maximum Gasteiger partial charge on any atom is 0.202 e. The second-order valence-corrected chi connectivity index (χ2v) is 4.62. The number of rotatable bonds is 2. The van der Waals surface area contributed by atoms with Gasteiger partial charge in [-0.2, -0.15) is 0 Å². The van der Waals surface area contributed by atoms with E-state index in [2.05, 4.69) is 15.0 Å². The minimum Gasteiger partial charge on any atom is -0.369 e. The monoisotopic (exact) mass is 253 g/mol. The molecule has 2 N–H and O–H groups in total. The lowest BCUT2D eigenvalue weighted by Crippen LogP contribution is -2.07. The van der Waals surface area contributed by atoms with Gasteiger partial charge in [-0.15, -0.1) is 0 Å². The number of aromatic nitrogens is 4. The molecule has 0 aromatic carbocycles. The fourth-order valence-corrected chi connectivity index (χ4v) is 2.12. The Morgan fingerprint density at radius 3 is 2.58 bits per heavy atom. The Labute approximate surface area is 111 Å². The van der Waals surface area contributed by atoms with Gasteiger partial charge in [0.25, 0.3) is 0 Å². The molecule has 19 heavy (non-hydrogen) atoms. The van der Waals surface area contributed by atoms with Crippen LogP contribution in [0.5, 0.6) is 0 Å². The van der Waals surface area contributed by atoms with Gasteiger partial charge in [-0.25, -0.2) is 9.97 Å². The van der Waals surface area contributed by atoms with Crippen molar-refractivity contribution in [3.05, 3.63) is 47.4 Å². The molecule has 0 spiro atoms. The van der Waals surface area contributed by atoms with Gasteiger partial charge in [-0.3, -0.25) is 9.55 Å². The number of anilines is 1. The number of pyridine rings is 2. The van der Waals surface area contributed by atoms with Crippen LogP contribution in [0.4, 0.5) is 5.95 Å². The normalized spacial score (nSPS) is 11.1. The first kappa shape index (κ1) is 11.6. The van der Waals surface area contributed by atoms with E-state index >= 15 is 0 Å². The molecule has 5 heteroatoms. The molecule has 0 fully saturated rings. The summed E-state index contributed by atoms with van der Waals surface area (Å²) in [5, 5.41) is 0. The topological polar surface area (TPSA) is 69.6 Å². The highest BCUT2D eigenvalue weighted by Gasteiger charge is 2.10. The van der Waals surface area contributed by atoms with E-state index in [4.69, 9.17) is 5.73 Å². The molecule has 0 aliphatic carbocycles. The molecule has 3 aromatic rings. The Hall–Kier alpha value is -2.43. The zero-order chi connectivity index (χ0) is 13.4. The van der Waals surface area contributed by atoms with Gasteiger partial charge in [-0.1, -0.05) is 6.07 Å². The average molecular weight is 253 g/mol. The van der Waals surface area contributed by atoms with Crippen LogP contribution in [0.2, 0.25) is 0 Å². The Morgan fingerprint density at radius 1 is 1.00 bits per heavy atom. The molecule has 3 rings (SSSR count). The molecule has 3 aromatic heterocycles. The maximum absolute atomic E-state index is 5.97. The lowest BCUT2D eigenvalue weighted by atomic mass is 10.3. The van der Waals surface area contributed by atoms with Crippen molar-refractivity contribution in [1.82, 2.24) is 19.5 Å². The van der Waals surface area contributed by atoms with Gasteiger partial charge in [0.1, 0.15) is 5.52 Å². The van der Waals surface area contributed by atoms with Crippen molar-refractivity contribution in [1.29, 1.82) is 0 Å². The van der Waals surface area contributed by atoms with Crippen molar-refractivity contribution in [2.24, 2.45) is 0 Å². The molecule has 0 bridgehead atoms. The number of fused-ring (bicyclic) bond motifs is 1. The van der Waals surface area contributed by atoms with Crippen LogP contribution in [-0.4, -0.2) is 19.5 Å². The molecule has 0 unspecified atom stereocenters. The first-order valence-corrected chi connectivity index (χ1v) is 6.15. The van der Waals surface area contributed by atoms with E-state index in [0.29, 0.717) is 12.5 Å². The highest BCUT2D eigenvalue weighted by Crippen LogP contribution is 2.17. The summed E-state index contributed by atoms with van der Waals surface area (Å²) in [5.41, 5.74) is 10.5. The van der Waals surface area contributed by atoms with Crippen molar-refractivity contribution in [2.45, 2.75) is 20.4 Å². The van der Waals surface area contributed by atoms with Crippen LogP contribution in [0.25, 0.3) is 11.2 Å². The zero-order valence-electron chi connectivity index (χ0n) is 11.0. The highest BCUT2D eigenvalue weighted by atomic mass is 15.2. The first-order valence-electron chi connectivity index (χ1n) is 6.15. The maximum atomic E-state index is 5.97. The van der Waals surface area contributed by atoms with Crippen molar-refractivity contribution in [3.8, 4) is 0 Å². The largest absolute Gasteiger partial charge is 0.369 e. The number of nitrogens with two attached hydrogens (primary N) is 1. The number of hydrogen-bond donors (Lipinski definition) is 1. The molecule has 0 saturated heterocycles. The molecule has 3 heterocycles. The summed E-state index contributed by atoms with van der Waals surface area (Å²) in [5.74, 6) is 0.469. The van der Waals surface area contributed by atoms with E-state index in [-0.39, 0.29) is 0 Å². The number of imidazole rings is 1. The second kappa shape index (κ2) is 4.35. The van der Waals surface area contributed by atoms with E-state index in [1.807, 2.05) is 48.7 Å². The minimum absolute atomic E-state index is 0.469. The van der Waals surface area contributed by atoms with Crippen molar-refractivity contribution >= 4 is 17.1 Å². The predicted octanol–water partition coefficient (Wildman–Crippen LogP) is 2.07. The number of aryl methyl sites for hydroxylation is 2. The molecule has 0 aliphatic heterocycles. The van der Waals surface area contributed by atoms with E-state index in [1.165, 1.54) is 0 Å². The Kier molecular flexibility index (Phi) is 2.67. The molecule has 0 aliphatic rings. The van der Waals surface area contributed by atoms with Gasteiger partial charge < -0.3 is 5.73 Å². The summed E-state index contributed by atoms with van der Waals surface area (Å²) >= 11 is 0. The molecule has 0 atom stereocenters. The molecule has 0 radical (unpaired) electrons. The second-order valence-electron chi connectivity index (χ2n) is 4.62. The summed E-state index contributed by atoms with van der Waals surface area (Å²) < 4.78 is 1.89. The SMILES string of the molecule is Cc1cccc(Cn2c(N)nc3ccc(C)nc32)n1. The predicted molar refractivity (Wildman–Crippen MR) is 74.8 cm³/mol. The first-order chi connectivity index (χ1) is 9.13. The molecule has 5 nitrogen and oxygen atoms in total. The van der Waals surface area contributed by atoms with E-state index in [0.717, 1.165) is 28.2 Å². The van der Waals surface area contributed by atoms with Gasteiger partial charge in [-0.05, 0) is 38.1 Å².